The van der Waals surface area contributed by atoms with E-state index in [0.717, 1.165) is 5.56 Å². The molecule has 1 aromatic rings. The molecule has 0 spiro atoms. The summed E-state index contributed by atoms with van der Waals surface area (Å²) in [6.07, 6.45) is 0. The molecular weight excluding hydrogens is 200 g/mol. The smallest absolute Gasteiger partial charge is 0.186 e. The molecule has 0 heterocycles. The first kappa shape index (κ1) is 12.3. The molecule has 0 aliphatic heterocycles. The Hall–Kier alpha value is -1.82. The zero-order valence-electron chi connectivity index (χ0n) is 10.1. The van der Waals surface area contributed by atoms with Crippen molar-refractivity contribution in [1.82, 2.24) is 0 Å². The molecule has 1 rings (SSSR count). The molecule has 0 atom stereocenters. The molecule has 0 unspecified atom stereocenters. The number of rotatable bonds is 2. The van der Waals surface area contributed by atoms with Crippen LogP contribution in [0.2, 0.25) is 0 Å². The lowest BCUT2D eigenvalue weighted by molar-refractivity contribution is 0.214. The van der Waals surface area contributed by atoms with Crippen LogP contribution in [0, 0.1) is 11.3 Å². The van der Waals surface area contributed by atoms with Crippen LogP contribution in [-0.4, -0.2) is 12.8 Å². The van der Waals surface area contributed by atoms with Gasteiger partial charge in [-0.05, 0) is 11.0 Å². The SMILES string of the molecule is CON=C(C#N)c1ccc(C(C)(C)C)cc1. The predicted octanol–water partition coefficient (Wildman–Crippen LogP) is 2.86. The van der Waals surface area contributed by atoms with E-state index < -0.39 is 0 Å². The first-order valence-electron chi connectivity index (χ1n) is 5.11. The Kier molecular flexibility index (Phi) is 3.68. The van der Waals surface area contributed by atoms with Crippen LogP contribution in [0.15, 0.2) is 29.4 Å². The van der Waals surface area contributed by atoms with Gasteiger partial charge in [0, 0.05) is 5.56 Å². The number of nitrogens with zero attached hydrogens (tertiary/aromatic N) is 2. The number of nitriles is 1. The lowest BCUT2D eigenvalue weighted by atomic mass is 9.86. The maximum absolute atomic E-state index is 8.88. The van der Waals surface area contributed by atoms with Crippen LogP contribution in [0.3, 0.4) is 0 Å². The fraction of sp³-hybridized carbons (Fsp3) is 0.385. The van der Waals surface area contributed by atoms with Gasteiger partial charge >= 0.3 is 0 Å². The van der Waals surface area contributed by atoms with Crippen molar-refractivity contribution in [1.29, 1.82) is 5.26 Å². The van der Waals surface area contributed by atoms with Crippen LogP contribution in [0.1, 0.15) is 31.9 Å². The summed E-state index contributed by atoms with van der Waals surface area (Å²) in [6.45, 7) is 6.45. The topological polar surface area (TPSA) is 45.4 Å². The standard InChI is InChI=1S/C13H16N2O/c1-13(2,3)11-7-5-10(6-8-11)12(9-14)15-16-4/h5-8H,1-4H3. The molecule has 0 saturated heterocycles. The quantitative estimate of drug-likeness (QED) is 0.563. The first-order chi connectivity index (χ1) is 7.49. The highest BCUT2D eigenvalue weighted by molar-refractivity contribution is 6.11. The number of benzene rings is 1. The molecule has 3 heteroatoms. The zero-order valence-corrected chi connectivity index (χ0v) is 10.1. The summed E-state index contributed by atoms with van der Waals surface area (Å²) in [5.74, 6) is 0. The van der Waals surface area contributed by atoms with Gasteiger partial charge < -0.3 is 4.84 Å². The molecule has 0 bridgehead atoms. The summed E-state index contributed by atoms with van der Waals surface area (Å²) < 4.78 is 0. The predicted molar refractivity (Wildman–Crippen MR) is 64.3 cm³/mol. The molecule has 16 heavy (non-hydrogen) atoms. The van der Waals surface area contributed by atoms with Crippen LogP contribution < -0.4 is 0 Å². The third-order valence-electron chi connectivity index (χ3n) is 2.31. The van der Waals surface area contributed by atoms with Crippen molar-refractivity contribution in [3.8, 4) is 6.07 Å². The molecule has 0 amide bonds. The summed E-state index contributed by atoms with van der Waals surface area (Å²) >= 11 is 0. The molecule has 0 aliphatic carbocycles. The molecule has 0 aliphatic rings. The maximum Gasteiger partial charge on any atom is 0.186 e. The van der Waals surface area contributed by atoms with Gasteiger partial charge in [0.05, 0.1) is 0 Å². The Bertz CT molecular complexity index is 419. The van der Waals surface area contributed by atoms with Crippen molar-refractivity contribution in [2.45, 2.75) is 26.2 Å². The summed E-state index contributed by atoms with van der Waals surface area (Å²) in [7, 11) is 1.43. The van der Waals surface area contributed by atoms with Crippen molar-refractivity contribution in [2.75, 3.05) is 7.11 Å². The third kappa shape index (κ3) is 2.83. The van der Waals surface area contributed by atoms with E-state index in [1.165, 1.54) is 12.7 Å². The average Bonchev–Trinajstić information content (AvgIpc) is 2.25. The molecule has 3 nitrogen and oxygen atoms in total. The van der Waals surface area contributed by atoms with Gasteiger partial charge in [-0.2, -0.15) is 5.26 Å². The van der Waals surface area contributed by atoms with Gasteiger partial charge in [0.25, 0.3) is 0 Å². The third-order valence-corrected chi connectivity index (χ3v) is 2.31. The number of oxime groups is 1. The molecule has 84 valence electrons. The Morgan fingerprint density at radius 2 is 1.81 bits per heavy atom. The second-order valence-corrected chi connectivity index (χ2v) is 4.56. The van der Waals surface area contributed by atoms with Crippen molar-refractivity contribution in [2.24, 2.45) is 5.16 Å². The number of hydrogen-bond acceptors (Lipinski definition) is 3. The summed E-state index contributed by atoms with van der Waals surface area (Å²) in [4.78, 5) is 4.61. The Labute approximate surface area is 96.3 Å². The normalized spacial score (nSPS) is 12.1. The van der Waals surface area contributed by atoms with Crippen LogP contribution >= 0.6 is 0 Å². The Morgan fingerprint density at radius 3 is 2.19 bits per heavy atom. The summed E-state index contributed by atoms with van der Waals surface area (Å²) in [5.41, 5.74) is 2.41. The minimum absolute atomic E-state index is 0.115. The van der Waals surface area contributed by atoms with E-state index in [1.807, 2.05) is 30.3 Å². The Morgan fingerprint density at radius 1 is 1.25 bits per heavy atom. The lowest BCUT2D eigenvalue weighted by Crippen LogP contribution is -2.11. The highest BCUT2D eigenvalue weighted by Gasteiger charge is 2.13. The maximum atomic E-state index is 8.88. The van der Waals surface area contributed by atoms with Crippen molar-refractivity contribution in [3.63, 3.8) is 0 Å². The van der Waals surface area contributed by atoms with Crippen molar-refractivity contribution < 1.29 is 4.84 Å². The second-order valence-electron chi connectivity index (χ2n) is 4.56. The van der Waals surface area contributed by atoms with E-state index in [9.17, 15) is 0 Å². The zero-order chi connectivity index (χ0) is 12.2. The molecule has 0 aromatic heterocycles. The van der Waals surface area contributed by atoms with E-state index >= 15 is 0 Å². The van der Waals surface area contributed by atoms with Gasteiger partial charge in [-0.15, -0.1) is 0 Å². The Balaban J connectivity index is 3.05. The van der Waals surface area contributed by atoms with E-state index in [-0.39, 0.29) is 5.41 Å². The highest BCUT2D eigenvalue weighted by Crippen LogP contribution is 2.22. The minimum atomic E-state index is 0.115. The largest absolute Gasteiger partial charge is 0.398 e. The molecule has 0 saturated carbocycles. The molecule has 0 N–H and O–H groups in total. The number of hydrogen-bond donors (Lipinski definition) is 0. The molecule has 0 radical (unpaired) electrons. The summed E-state index contributed by atoms with van der Waals surface area (Å²) in [5, 5.41) is 12.5. The van der Waals surface area contributed by atoms with Crippen LogP contribution in [0.5, 0.6) is 0 Å². The van der Waals surface area contributed by atoms with Gasteiger partial charge in [-0.25, -0.2) is 0 Å². The minimum Gasteiger partial charge on any atom is -0.398 e. The fourth-order valence-corrected chi connectivity index (χ4v) is 1.36. The molecule has 0 fully saturated rings. The van der Waals surface area contributed by atoms with Crippen molar-refractivity contribution >= 4 is 5.71 Å². The molecule has 1 aromatic carbocycles. The van der Waals surface area contributed by atoms with Crippen molar-refractivity contribution in [3.05, 3.63) is 35.4 Å². The summed E-state index contributed by atoms with van der Waals surface area (Å²) in [6, 6.07) is 9.81. The van der Waals surface area contributed by atoms with E-state index in [1.54, 1.807) is 0 Å². The highest BCUT2D eigenvalue weighted by atomic mass is 16.6. The first-order valence-corrected chi connectivity index (χ1v) is 5.11. The van der Waals surface area contributed by atoms with Gasteiger partial charge in [-0.1, -0.05) is 50.2 Å². The monoisotopic (exact) mass is 216 g/mol. The van der Waals surface area contributed by atoms with Crippen LogP contribution in [0.25, 0.3) is 0 Å². The lowest BCUT2D eigenvalue weighted by Gasteiger charge is -2.18. The molecular formula is C13H16N2O. The van der Waals surface area contributed by atoms with Gasteiger partial charge in [0.2, 0.25) is 0 Å². The fourth-order valence-electron chi connectivity index (χ4n) is 1.36. The van der Waals surface area contributed by atoms with Gasteiger partial charge in [0.1, 0.15) is 13.2 Å². The van der Waals surface area contributed by atoms with Gasteiger partial charge in [-0.3, -0.25) is 0 Å². The van der Waals surface area contributed by atoms with Gasteiger partial charge in [0.15, 0.2) is 5.71 Å². The van der Waals surface area contributed by atoms with E-state index in [4.69, 9.17) is 5.26 Å². The van der Waals surface area contributed by atoms with E-state index in [0.29, 0.717) is 5.71 Å². The van der Waals surface area contributed by atoms with Crippen LogP contribution in [-0.2, 0) is 10.3 Å². The van der Waals surface area contributed by atoms with Crippen LogP contribution in [0.4, 0.5) is 0 Å². The van der Waals surface area contributed by atoms with E-state index in [2.05, 4.69) is 30.8 Å². The second kappa shape index (κ2) is 4.80. The average molecular weight is 216 g/mol.